The van der Waals surface area contributed by atoms with Crippen LogP contribution in [0.1, 0.15) is 5.56 Å². The molecule has 14 heavy (non-hydrogen) atoms. The monoisotopic (exact) mass is 184 g/mol. The van der Waals surface area contributed by atoms with Crippen molar-refractivity contribution in [1.29, 1.82) is 5.26 Å². The number of benzene rings is 1. The first-order valence-electron chi connectivity index (χ1n) is 4.24. The largest absolute Gasteiger partial charge is 0.506 e. The first kappa shape index (κ1) is 8.52. The number of aromatic hydroxyl groups is 1. The molecule has 0 aliphatic heterocycles. The SMILES string of the molecule is N#CCc1ccc2ncc(O)cc2c1. The molecule has 0 atom stereocenters. The Balaban J connectivity index is 2.59. The number of nitrogens with zero attached hydrogens (tertiary/aromatic N) is 2. The third kappa shape index (κ3) is 1.50. The molecule has 0 unspecified atom stereocenters. The number of fused-ring (bicyclic) bond motifs is 1. The normalized spacial score (nSPS) is 9.93. The lowest BCUT2D eigenvalue weighted by Gasteiger charge is -1.99. The minimum Gasteiger partial charge on any atom is -0.506 e. The molecule has 0 saturated carbocycles. The molecule has 2 rings (SSSR count). The van der Waals surface area contributed by atoms with Gasteiger partial charge in [-0.1, -0.05) is 6.07 Å². The summed E-state index contributed by atoms with van der Waals surface area (Å²) in [6.07, 6.45) is 1.79. The van der Waals surface area contributed by atoms with Crippen molar-refractivity contribution in [2.45, 2.75) is 6.42 Å². The Labute approximate surface area is 81.2 Å². The molecule has 1 aromatic carbocycles. The van der Waals surface area contributed by atoms with Crippen molar-refractivity contribution < 1.29 is 5.11 Å². The van der Waals surface area contributed by atoms with Gasteiger partial charge in [-0.25, -0.2) is 0 Å². The van der Waals surface area contributed by atoms with E-state index in [0.29, 0.717) is 6.42 Å². The van der Waals surface area contributed by atoms with E-state index in [2.05, 4.69) is 11.1 Å². The van der Waals surface area contributed by atoms with Crippen molar-refractivity contribution in [3.05, 3.63) is 36.0 Å². The second kappa shape index (κ2) is 3.35. The first-order valence-corrected chi connectivity index (χ1v) is 4.24. The molecule has 0 bridgehead atoms. The average molecular weight is 184 g/mol. The highest BCUT2D eigenvalue weighted by Gasteiger charge is 1.98. The number of pyridine rings is 1. The Morgan fingerprint density at radius 3 is 3.00 bits per heavy atom. The summed E-state index contributed by atoms with van der Waals surface area (Å²) in [5.74, 6) is 0.145. The van der Waals surface area contributed by atoms with Gasteiger partial charge in [0.25, 0.3) is 0 Å². The van der Waals surface area contributed by atoms with Crippen molar-refractivity contribution in [3.8, 4) is 11.8 Å². The van der Waals surface area contributed by atoms with Crippen LogP contribution in [0, 0.1) is 11.3 Å². The van der Waals surface area contributed by atoms with Gasteiger partial charge in [-0.2, -0.15) is 5.26 Å². The van der Waals surface area contributed by atoms with Crippen LogP contribution in [-0.2, 0) is 6.42 Å². The van der Waals surface area contributed by atoms with Crippen LogP contribution in [0.4, 0.5) is 0 Å². The molecule has 0 radical (unpaired) electrons. The standard InChI is InChI=1S/C11H8N2O/c12-4-3-8-1-2-11-9(5-8)6-10(14)7-13-11/h1-2,5-7,14H,3H2. The van der Waals surface area contributed by atoms with Crippen LogP contribution >= 0.6 is 0 Å². The quantitative estimate of drug-likeness (QED) is 0.737. The van der Waals surface area contributed by atoms with Gasteiger partial charge in [0, 0.05) is 5.39 Å². The predicted octanol–water partition coefficient (Wildman–Crippen LogP) is 2.01. The van der Waals surface area contributed by atoms with E-state index in [1.165, 1.54) is 6.20 Å². The predicted molar refractivity (Wildman–Crippen MR) is 52.7 cm³/mol. The molecule has 3 heteroatoms. The Morgan fingerprint density at radius 2 is 2.21 bits per heavy atom. The van der Waals surface area contributed by atoms with Gasteiger partial charge in [-0.05, 0) is 23.8 Å². The van der Waals surface area contributed by atoms with E-state index in [0.717, 1.165) is 16.5 Å². The van der Waals surface area contributed by atoms with Crippen molar-refractivity contribution in [3.63, 3.8) is 0 Å². The summed E-state index contributed by atoms with van der Waals surface area (Å²) in [6, 6.07) is 9.31. The van der Waals surface area contributed by atoms with E-state index >= 15 is 0 Å². The fraction of sp³-hybridized carbons (Fsp3) is 0.0909. The van der Waals surface area contributed by atoms with Crippen LogP contribution in [0.25, 0.3) is 10.9 Å². The molecule has 0 amide bonds. The lowest BCUT2D eigenvalue weighted by Crippen LogP contribution is -1.83. The summed E-state index contributed by atoms with van der Waals surface area (Å²) in [5, 5.41) is 18.6. The molecule has 3 nitrogen and oxygen atoms in total. The maximum atomic E-state index is 9.22. The molecule has 1 heterocycles. The maximum Gasteiger partial charge on any atom is 0.134 e. The number of hydrogen-bond acceptors (Lipinski definition) is 3. The number of rotatable bonds is 1. The second-order valence-electron chi connectivity index (χ2n) is 3.06. The summed E-state index contributed by atoms with van der Waals surface area (Å²) in [7, 11) is 0. The second-order valence-corrected chi connectivity index (χ2v) is 3.06. The summed E-state index contributed by atoms with van der Waals surface area (Å²) < 4.78 is 0. The van der Waals surface area contributed by atoms with Crippen molar-refractivity contribution in [2.75, 3.05) is 0 Å². The Bertz CT molecular complexity index is 514. The molecule has 0 fully saturated rings. The van der Waals surface area contributed by atoms with Gasteiger partial charge in [0.2, 0.25) is 0 Å². The molecular formula is C11H8N2O. The first-order chi connectivity index (χ1) is 6.79. The minimum absolute atomic E-state index is 0.145. The summed E-state index contributed by atoms with van der Waals surface area (Å²) >= 11 is 0. The van der Waals surface area contributed by atoms with Gasteiger partial charge in [-0.15, -0.1) is 0 Å². The third-order valence-electron chi connectivity index (χ3n) is 2.01. The van der Waals surface area contributed by atoms with Crippen molar-refractivity contribution in [1.82, 2.24) is 4.98 Å². The van der Waals surface area contributed by atoms with E-state index in [1.807, 2.05) is 18.2 Å². The van der Waals surface area contributed by atoms with Crippen LogP contribution in [0.2, 0.25) is 0 Å². The molecule has 2 aromatic rings. The van der Waals surface area contributed by atoms with Gasteiger partial charge >= 0.3 is 0 Å². The maximum absolute atomic E-state index is 9.22. The van der Waals surface area contributed by atoms with Crippen molar-refractivity contribution in [2.24, 2.45) is 0 Å². The van der Waals surface area contributed by atoms with E-state index in [4.69, 9.17) is 5.26 Å². The highest BCUT2D eigenvalue weighted by molar-refractivity contribution is 5.80. The van der Waals surface area contributed by atoms with E-state index in [-0.39, 0.29) is 5.75 Å². The average Bonchev–Trinajstić information content (AvgIpc) is 2.17. The van der Waals surface area contributed by atoms with Crippen LogP contribution in [-0.4, -0.2) is 10.1 Å². The fourth-order valence-electron chi connectivity index (χ4n) is 1.37. The smallest absolute Gasteiger partial charge is 0.134 e. The van der Waals surface area contributed by atoms with E-state index < -0.39 is 0 Å². The van der Waals surface area contributed by atoms with Crippen LogP contribution in [0.15, 0.2) is 30.5 Å². The lowest BCUT2D eigenvalue weighted by atomic mass is 10.1. The zero-order valence-electron chi connectivity index (χ0n) is 7.44. The van der Waals surface area contributed by atoms with Gasteiger partial charge in [0.15, 0.2) is 0 Å². The zero-order valence-corrected chi connectivity index (χ0v) is 7.44. The van der Waals surface area contributed by atoms with Crippen molar-refractivity contribution >= 4 is 10.9 Å². The number of aromatic nitrogens is 1. The molecule has 68 valence electrons. The zero-order chi connectivity index (χ0) is 9.97. The number of nitriles is 1. The minimum atomic E-state index is 0.145. The van der Waals surface area contributed by atoms with Crippen LogP contribution in [0.5, 0.6) is 5.75 Å². The highest BCUT2D eigenvalue weighted by atomic mass is 16.3. The Morgan fingerprint density at radius 1 is 1.36 bits per heavy atom. The van der Waals surface area contributed by atoms with Gasteiger partial charge in [-0.3, -0.25) is 4.98 Å². The van der Waals surface area contributed by atoms with E-state index in [9.17, 15) is 5.11 Å². The molecule has 0 aliphatic carbocycles. The summed E-state index contributed by atoms with van der Waals surface area (Å²) in [6.45, 7) is 0. The van der Waals surface area contributed by atoms with E-state index in [1.54, 1.807) is 6.07 Å². The molecule has 0 saturated heterocycles. The Kier molecular flexibility index (Phi) is 2.04. The topological polar surface area (TPSA) is 56.9 Å². The van der Waals surface area contributed by atoms with Gasteiger partial charge in [0.1, 0.15) is 5.75 Å². The molecule has 1 N–H and O–H groups in total. The molecule has 0 aliphatic rings. The molecule has 0 spiro atoms. The fourth-order valence-corrected chi connectivity index (χ4v) is 1.37. The lowest BCUT2D eigenvalue weighted by molar-refractivity contribution is 0.474. The molecular weight excluding hydrogens is 176 g/mol. The van der Waals surface area contributed by atoms with Gasteiger partial charge < -0.3 is 5.11 Å². The summed E-state index contributed by atoms with van der Waals surface area (Å²) in [5.41, 5.74) is 1.76. The van der Waals surface area contributed by atoms with Crippen LogP contribution in [0.3, 0.4) is 0 Å². The highest BCUT2D eigenvalue weighted by Crippen LogP contribution is 2.18. The molecule has 1 aromatic heterocycles. The Hall–Kier alpha value is -2.08. The van der Waals surface area contributed by atoms with Gasteiger partial charge in [0.05, 0.1) is 24.2 Å². The third-order valence-corrected chi connectivity index (χ3v) is 2.01. The number of hydrogen-bond donors (Lipinski definition) is 1. The summed E-state index contributed by atoms with van der Waals surface area (Å²) in [4.78, 5) is 4.05. The van der Waals surface area contributed by atoms with Crippen LogP contribution < -0.4 is 0 Å².